The molecule has 3 nitrogen and oxygen atoms in total. The van der Waals surface area contributed by atoms with E-state index in [1.807, 2.05) is 36.4 Å². The van der Waals surface area contributed by atoms with Gasteiger partial charge in [0.1, 0.15) is 11.5 Å². The summed E-state index contributed by atoms with van der Waals surface area (Å²) in [5.74, 6) is 1.91. The van der Waals surface area contributed by atoms with Crippen LogP contribution in [0, 0.1) is 0 Å². The number of benzene rings is 1. The molecule has 1 aromatic carbocycles. The molecule has 0 spiro atoms. The Morgan fingerprint density at radius 2 is 2.17 bits per heavy atom. The van der Waals surface area contributed by atoms with Gasteiger partial charge in [0.2, 0.25) is 0 Å². The highest BCUT2D eigenvalue weighted by Gasteiger charge is 2.04. The molecule has 1 aromatic heterocycles. The second kappa shape index (κ2) is 6.15. The van der Waals surface area contributed by atoms with Crippen LogP contribution in [0.15, 0.2) is 47.1 Å². The van der Waals surface area contributed by atoms with Gasteiger partial charge in [0.25, 0.3) is 0 Å². The van der Waals surface area contributed by atoms with E-state index in [4.69, 9.17) is 9.15 Å². The first-order valence-corrected chi connectivity index (χ1v) is 6.21. The molecule has 18 heavy (non-hydrogen) atoms. The van der Waals surface area contributed by atoms with Gasteiger partial charge >= 0.3 is 0 Å². The smallest absolute Gasteiger partial charge is 0.120 e. The second-order valence-corrected chi connectivity index (χ2v) is 4.40. The van der Waals surface area contributed by atoms with Gasteiger partial charge in [-0.15, -0.1) is 0 Å². The van der Waals surface area contributed by atoms with Crippen molar-refractivity contribution in [1.29, 1.82) is 0 Å². The molecule has 2 rings (SSSR count). The average Bonchev–Trinajstić information content (AvgIpc) is 2.90. The van der Waals surface area contributed by atoms with E-state index in [1.165, 1.54) is 0 Å². The standard InChI is InChI=1S/C15H19NO2/c1-12(8-9-14-7-4-10-18-14)16-13-5-3-6-15(11-13)17-2/h3-7,10-12,16H,8-9H2,1-2H3. The number of nitrogens with one attached hydrogen (secondary N) is 1. The molecule has 0 amide bonds. The van der Waals surface area contributed by atoms with E-state index in [9.17, 15) is 0 Å². The summed E-state index contributed by atoms with van der Waals surface area (Å²) < 4.78 is 10.5. The lowest BCUT2D eigenvalue weighted by atomic mass is 10.1. The fraction of sp³-hybridized carbons (Fsp3) is 0.333. The molecule has 2 aromatic rings. The predicted molar refractivity (Wildman–Crippen MR) is 73.1 cm³/mol. The van der Waals surface area contributed by atoms with Crippen LogP contribution in [0.1, 0.15) is 19.1 Å². The minimum atomic E-state index is 0.391. The minimum Gasteiger partial charge on any atom is -0.497 e. The van der Waals surface area contributed by atoms with Gasteiger partial charge in [-0.25, -0.2) is 0 Å². The van der Waals surface area contributed by atoms with Crippen LogP contribution in [0.5, 0.6) is 5.75 Å². The van der Waals surface area contributed by atoms with E-state index in [1.54, 1.807) is 13.4 Å². The molecule has 0 aliphatic carbocycles. The maximum absolute atomic E-state index is 5.32. The van der Waals surface area contributed by atoms with E-state index >= 15 is 0 Å². The molecule has 0 saturated carbocycles. The summed E-state index contributed by atoms with van der Waals surface area (Å²) in [5.41, 5.74) is 1.08. The molecule has 0 aliphatic rings. The van der Waals surface area contributed by atoms with Gasteiger partial charge in [0, 0.05) is 24.2 Å². The average molecular weight is 245 g/mol. The van der Waals surface area contributed by atoms with Gasteiger partial charge in [-0.3, -0.25) is 0 Å². The highest BCUT2D eigenvalue weighted by atomic mass is 16.5. The summed E-state index contributed by atoms with van der Waals surface area (Å²) in [6.07, 6.45) is 3.70. The van der Waals surface area contributed by atoms with E-state index in [0.29, 0.717) is 6.04 Å². The van der Waals surface area contributed by atoms with E-state index in [0.717, 1.165) is 30.0 Å². The lowest BCUT2D eigenvalue weighted by Crippen LogP contribution is -2.15. The number of hydrogen-bond donors (Lipinski definition) is 1. The van der Waals surface area contributed by atoms with Crippen molar-refractivity contribution in [2.45, 2.75) is 25.8 Å². The van der Waals surface area contributed by atoms with Crippen molar-refractivity contribution >= 4 is 5.69 Å². The van der Waals surface area contributed by atoms with Crippen molar-refractivity contribution in [3.05, 3.63) is 48.4 Å². The maximum atomic E-state index is 5.32. The van der Waals surface area contributed by atoms with Crippen molar-refractivity contribution in [2.75, 3.05) is 12.4 Å². The third-order valence-corrected chi connectivity index (χ3v) is 2.89. The zero-order chi connectivity index (χ0) is 12.8. The summed E-state index contributed by atoms with van der Waals surface area (Å²) in [6.45, 7) is 2.17. The summed E-state index contributed by atoms with van der Waals surface area (Å²) in [6, 6.07) is 12.3. The maximum Gasteiger partial charge on any atom is 0.120 e. The molecular weight excluding hydrogens is 226 g/mol. The minimum absolute atomic E-state index is 0.391. The van der Waals surface area contributed by atoms with Crippen LogP contribution in [0.2, 0.25) is 0 Å². The Labute approximate surface area is 108 Å². The molecular formula is C15H19NO2. The van der Waals surface area contributed by atoms with Gasteiger partial charge in [0.05, 0.1) is 13.4 Å². The number of anilines is 1. The number of furan rings is 1. The number of methoxy groups -OCH3 is 1. The van der Waals surface area contributed by atoms with Crippen molar-refractivity contribution in [2.24, 2.45) is 0 Å². The lowest BCUT2D eigenvalue weighted by molar-refractivity contribution is 0.415. The molecule has 0 bridgehead atoms. The van der Waals surface area contributed by atoms with Crippen LogP contribution < -0.4 is 10.1 Å². The summed E-state index contributed by atoms with van der Waals surface area (Å²) in [4.78, 5) is 0. The molecule has 1 N–H and O–H groups in total. The van der Waals surface area contributed by atoms with Crippen molar-refractivity contribution in [1.82, 2.24) is 0 Å². The van der Waals surface area contributed by atoms with Crippen molar-refractivity contribution in [3.63, 3.8) is 0 Å². The van der Waals surface area contributed by atoms with Crippen LogP contribution in [0.4, 0.5) is 5.69 Å². The first-order chi connectivity index (χ1) is 8.78. The third kappa shape index (κ3) is 3.55. The Morgan fingerprint density at radius 3 is 2.89 bits per heavy atom. The van der Waals surface area contributed by atoms with E-state index < -0.39 is 0 Å². The van der Waals surface area contributed by atoms with Crippen molar-refractivity contribution in [3.8, 4) is 5.75 Å². The molecule has 1 heterocycles. The van der Waals surface area contributed by atoms with Gasteiger partial charge in [-0.1, -0.05) is 6.07 Å². The Bertz CT molecular complexity index is 465. The largest absolute Gasteiger partial charge is 0.497 e. The van der Waals surface area contributed by atoms with Gasteiger partial charge in [-0.2, -0.15) is 0 Å². The zero-order valence-corrected chi connectivity index (χ0v) is 10.8. The second-order valence-electron chi connectivity index (χ2n) is 4.40. The molecule has 1 unspecified atom stereocenters. The van der Waals surface area contributed by atoms with Gasteiger partial charge < -0.3 is 14.5 Å². The molecule has 96 valence electrons. The number of hydrogen-bond acceptors (Lipinski definition) is 3. The third-order valence-electron chi connectivity index (χ3n) is 2.89. The summed E-state index contributed by atoms with van der Waals surface area (Å²) in [7, 11) is 1.68. The summed E-state index contributed by atoms with van der Waals surface area (Å²) in [5, 5.41) is 3.46. The number of aryl methyl sites for hydroxylation is 1. The van der Waals surface area contributed by atoms with E-state index in [-0.39, 0.29) is 0 Å². The predicted octanol–water partition coefficient (Wildman–Crippen LogP) is 3.72. The number of ether oxygens (including phenoxy) is 1. The normalized spacial score (nSPS) is 12.1. The number of rotatable bonds is 6. The fourth-order valence-corrected chi connectivity index (χ4v) is 1.88. The van der Waals surface area contributed by atoms with Crippen molar-refractivity contribution < 1.29 is 9.15 Å². The molecule has 0 fully saturated rings. The fourth-order valence-electron chi connectivity index (χ4n) is 1.88. The van der Waals surface area contributed by atoms with Crippen LogP contribution in [-0.4, -0.2) is 13.2 Å². The van der Waals surface area contributed by atoms with Crippen LogP contribution >= 0.6 is 0 Å². The van der Waals surface area contributed by atoms with E-state index in [2.05, 4.69) is 12.2 Å². The molecule has 3 heteroatoms. The SMILES string of the molecule is COc1cccc(NC(C)CCc2ccco2)c1. The Kier molecular flexibility index (Phi) is 4.29. The molecule has 1 atom stereocenters. The van der Waals surface area contributed by atoms with Crippen LogP contribution in [-0.2, 0) is 6.42 Å². The first-order valence-electron chi connectivity index (χ1n) is 6.21. The summed E-state index contributed by atoms with van der Waals surface area (Å²) >= 11 is 0. The Morgan fingerprint density at radius 1 is 1.28 bits per heavy atom. The first kappa shape index (κ1) is 12.6. The lowest BCUT2D eigenvalue weighted by Gasteiger charge is -2.15. The molecule has 0 radical (unpaired) electrons. The van der Waals surface area contributed by atoms with Gasteiger partial charge in [0.15, 0.2) is 0 Å². The zero-order valence-electron chi connectivity index (χ0n) is 10.8. The topological polar surface area (TPSA) is 34.4 Å². The van der Waals surface area contributed by atoms with Gasteiger partial charge in [-0.05, 0) is 37.6 Å². The quantitative estimate of drug-likeness (QED) is 0.842. The highest BCUT2D eigenvalue weighted by molar-refractivity contribution is 5.48. The molecule has 0 aliphatic heterocycles. The Hall–Kier alpha value is -1.90. The highest BCUT2D eigenvalue weighted by Crippen LogP contribution is 2.18. The molecule has 0 saturated heterocycles. The Balaban J connectivity index is 1.84. The monoisotopic (exact) mass is 245 g/mol. The van der Waals surface area contributed by atoms with Crippen LogP contribution in [0.25, 0.3) is 0 Å². The van der Waals surface area contributed by atoms with Crippen LogP contribution in [0.3, 0.4) is 0 Å².